The predicted molar refractivity (Wildman–Crippen MR) is 94.9 cm³/mol. The van der Waals surface area contributed by atoms with E-state index in [9.17, 15) is 8.78 Å². The fourth-order valence-corrected chi connectivity index (χ4v) is 2.38. The van der Waals surface area contributed by atoms with E-state index in [1.807, 2.05) is 32.0 Å². The maximum absolute atomic E-state index is 13.0. The molecule has 2 aromatic carbocycles. The number of hydrogen-bond acceptors (Lipinski definition) is 3. The van der Waals surface area contributed by atoms with Crippen LogP contribution in [-0.2, 0) is 11.3 Å². The van der Waals surface area contributed by atoms with E-state index >= 15 is 0 Å². The van der Waals surface area contributed by atoms with Crippen LogP contribution in [0.2, 0.25) is 0 Å². The minimum atomic E-state index is -2.55. The summed E-state index contributed by atoms with van der Waals surface area (Å²) in [5.74, 6) is 0.711. The van der Waals surface area contributed by atoms with Crippen LogP contribution in [0.15, 0.2) is 36.4 Å². The van der Waals surface area contributed by atoms with Gasteiger partial charge in [-0.2, -0.15) is 0 Å². The fraction of sp³-hybridized carbons (Fsp3) is 0.278. The van der Waals surface area contributed by atoms with Gasteiger partial charge in [0, 0.05) is 16.8 Å². The minimum absolute atomic E-state index is 0.0666. The number of hydrogen-bond donors (Lipinski definition) is 1. The molecule has 6 heteroatoms. The van der Waals surface area contributed by atoms with Crippen molar-refractivity contribution < 1.29 is 18.3 Å². The second-order valence-corrected chi connectivity index (χ2v) is 5.76. The van der Waals surface area contributed by atoms with Gasteiger partial charge >= 0.3 is 0 Å². The molecule has 0 bridgehead atoms. The van der Waals surface area contributed by atoms with Crippen molar-refractivity contribution in [3.05, 3.63) is 58.7 Å². The largest absolute Gasteiger partial charge is 0.489 e. The summed E-state index contributed by atoms with van der Waals surface area (Å²) in [5, 5.41) is 3.03. The second kappa shape index (κ2) is 8.06. The molecule has 0 radical (unpaired) electrons. The molecule has 0 amide bonds. The quantitative estimate of drug-likeness (QED) is 0.754. The molecule has 0 spiro atoms. The van der Waals surface area contributed by atoms with Crippen LogP contribution in [0, 0.1) is 13.8 Å². The number of rotatable bonds is 5. The standard InChI is InChI=1S/C18H19F2NO2S/c1-11-4-7-16(12(2)8-11)23-10-14-9-13(17(19)20)5-6-15(14)21-18(24)22-3/h4-9,17H,10H2,1-3H3,(H,21,24). The summed E-state index contributed by atoms with van der Waals surface area (Å²) in [6, 6.07) is 10.1. The zero-order valence-electron chi connectivity index (χ0n) is 13.7. The highest BCUT2D eigenvalue weighted by Crippen LogP contribution is 2.27. The summed E-state index contributed by atoms with van der Waals surface area (Å²) in [4.78, 5) is 0. The van der Waals surface area contributed by atoms with Crippen molar-refractivity contribution in [1.29, 1.82) is 0 Å². The number of benzene rings is 2. The Balaban J connectivity index is 2.24. The number of nitrogens with one attached hydrogen (secondary N) is 1. The molecule has 0 aliphatic rings. The summed E-state index contributed by atoms with van der Waals surface area (Å²) in [6.07, 6.45) is -2.55. The molecule has 0 atom stereocenters. The van der Waals surface area contributed by atoms with Gasteiger partial charge in [-0.15, -0.1) is 0 Å². The van der Waals surface area contributed by atoms with E-state index in [4.69, 9.17) is 21.7 Å². The van der Waals surface area contributed by atoms with Crippen LogP contribution >= 0.6 is 12.2 Å². The number of anilines is 1. The SMILES string of the molecule is COC(=S)Nc1ccc(C(F)F)cc1COc1ccc(C)cc1C. The van der Waals surface area contributed by atoms with E-state index in [0.29, 0.717) is 17.0 Å². The lowest BCUT2D eigenvalue weighted by molar-refractivity contribution is 0.151. The molecule has 0 aromatic heterocycles. The van der Waals surface area contributed by atoms with Gasteiger partial charge in [-0.1, -0.05) is 23.8 Å². The lowest BCUT2D eigenvalue weighted by atomic mass is 10.1. The maximum Gasteiger partial charge on any atom is 0.263 e. The molecule has 1 N–H and O–H groups in total. The van der Waals surface area contributed by atoms with Crippen LogP contribution in [0.1, 0.15) is 28.7 Å². The van der Waals surface area contributed by atoms with Crippen LogP contribution < -0.4 is 10.1 Å². The molecule has 3 nitrogen and oxygen atoms in total. The Morgan fingerprint density at radius 3 is 2.54 bits per heavy atom. The van der Waals surface area contributed by atoms with Crippen molar-refractivity contribution in [2.45, 2.75) is 26.9 Å². The van der Waals surface area contributed by atoms with Crippen molar-refractivity contribution in [3.63, 3.8) is 0 Å². The first-order chi connectivity index (χ1) is 11.4. The zero-order valence-corrected chi connectivity index (χ0v) is 14.5. The van der Waals surface area contributed by atoms with E-state index in [1.165, 1.54) is 19.2 Å². The van der Waals surface area contributed by atoms with Gasteiger partial charge in [0.25, 0.3) is 11.6 Å². The Morgan fingerprint density at radius 1 is 1.17 bits per heavy atom. The third-order valence-corrected chi connectivity index (χ3v) is 3.79. The Morgan fingerprint density at radius 2 is 1.92 bits per heavy atom. The van der Waals surface area contributed by atoms with Gasteiger partial charge in [0.05, 0.1) is 7.11 Å². The predicted octanol–water partition coefficient (Wildman–Crippen LogP) is 5.16. The van der Waals surface area contributed by atoms with Gasteiger partial charge in [0.2, 0.25) is 0 Å². The third-order valence-electron chi connectivity index (χ3n) is 3.52. The van der Waals surface area contributed by atoms with Crippen molar-refractivity contribution in [2.24, 2.45) is 0 Å². The van der Waals surface area contributed by atoms with E-state index < -0.39 is 6.43 Å². The Hall–Kier alpha value is -2.21. The van der Waals surface area contributed by atoms with Gasteiger partial charge in [0.15, 0.2) is 0 Å². The molecular formula is C18H19F2NO2S. The highest BCUT2D eigenvalue weighted by atomic mass is 32.1. The van der Waals surface area contributed by atoms with Crippen LogP contribution in [0.5, 0.6) is 5.75 Å². The Labute approximate surface area is 145 Å². The molecule has 2 rings (SSSR count). The first kappa shape index (κ1) is 18.1. The molecule has 0 unspecified atom stereocenters. The second-order valence-electron chi connectivity index (χ2n) is 5.39. The minimum Gasteiger partial charge on any atom is -0.489 e. The fourth-order valence-electron chi connectivity index (χ4n) is 2.27. The molecule has 2 aromatic rings. The molecule has 0 heterocycles. The maximum atomic E-state index is 13.0. The van der Waals surface area contributed by atoms with Gasteiger partial charge in [0.1, 0.15) is 12.4 Å². The van der Waals surface area contributed by atoms with Gasteiger partial charge in [-0.05, 0) is 49.8 Å². The van der Waals surface area contributed by atoms with Crippen molar-refractivity contribution in [3.8, 4) is 5.75 Å². The van der Waals surface area contributed by atoms with Crippen LogP contribution in [0.4, 0.5) is 14.5 Å². The summed E-state index contributed by atoms with van der Waals surface area (Å²) in [7, 11) is 1.44. The van der Waals surface area contributed by atoms with E-state index in [-0.39, 0.29) is 17.3 Å². The summed E-state index contributed by atoms with van der Waals surface area (Å²) < 4.78 is 36.6. The molecule has 0 saturated carbocycles. The lowest BCUT2D eigenvalue weighted by Gasteiger charge is -2.15. The number of ether oxygens (including phenoxy) is 2. The van der Waals surface area contributed by atoms with Crippen LogP contribution in [-0.4, -0.2) is 12.3 Å². The normalized spacial score (nSPS) is 10.6. The third kappa shape index (κ3) is 4.64. The average Bonchev–Trinajstić information content (AvgIpc) is 2.54. The molecular weight excluding hydrogens is 332 g/mol. The highest BCUT2D eigenvalue weighted by molar-refractivity contribution is 7.80. The van der Waals surface area contributed by atoms with E-state index in [2.05, 4.69) is 5.32 Å². The molecule has 0 aliphatic carbocycles. The summed E-state index contributed by atoms with van der Waals surface area (Å²) >= 11 is 4.97. The Kier molecular flexibility index (Phi) is 6.09. The van der Waals surface area contributed by atoms with Crippen LogP contribution in [0.25, 0.3) is 0 Å². The topological polar surface area (TPSA) is 30.5 Å². The number of methoxy groups -OCH3 is 1. The molecule has 128 valence electrons. The molecule has 0 aliphatic heterocycles. The molecule has 0 saturated heterocycles. The number of alkyl halides is 2. The Bertz CT molecular complexity index is 735. The first-order valence-corrected chi connectivity index (χ1v) is 7.77. The van der Waals surface area contributed by atoms with E-state index in [0.717, 1.165) is 11.1 Å². The monoisotopic (exact) mass is 351 g/mol. The van der Waals surface area contributed by atoms with E-state index in [1.54, 1.807) is 6.07 Å². The lowest BCUT2D eigenvalue weighted by Crippen LogP contribution is -2.13. The smallest absolute Gasteiger partial charge is 0.263 e. The zero-order chi connectivity index (χ0) is 17.7. The highest BCUT2D eigenvalue weighted by Gasteiger charge is 2.13. The van der Waals surface area contributed by atoms with Gasteiger partial charge in [-0.3, -0.25) is 0 Å². The van der Waals surface area contributed by atoms with Crippen LogP contribution in [0.3, 0.4) is 0 Å². The molecule has 24 heavy (non-hydrogen) atoms. The average molecular weight is 351 g/mol. The van der Waals surface area contributed by atoms with Crippen molar-refractivity contribution in [1.82, 2.24) is 0 Å². The summed E-state index contributed by atoms with van der Waals surface area (Å²) in [5.41, 5.74) is 3.21. The number of thiocarbonyl (C=S) groups is 1. The van der Waals surface area contributed by atoms with Gasteiger partial charge < -0.3 is 14.8 Å². The van der Waals surface area contributed by atoms with Gasteiger partial charge in [-0.25, -0.2) is 8.78 Å². The number of halogens is 2. The van der Waals surface area contributed by atoms with Crippen molar-refractivity contribution >= 4 is 23.1 Å². The molecule has 0 fully saturated rings. The summed E-state index contributed by atoms with van der Waals surface area (Å²) in [6.45, 7) is 4.08. The number of aryl methyl sites for hydroxylation is 2. The van der Waals surface area contributed by atoms with Crippen molar-refractivity contribution in [2.75, 3.05) is 12.4 Å². The first-order valence-electron chi connectivity index (χ1n) is 7.36.